The Bertz CT molecular complexity index is 805. The number of sulfonamides is 1. The van der Waals surface area contributed by atoms with Crippen LogP contribution >= 0.6 is 0 Å². The summed E-state index contributed by atoms with van der Waals surface area (Å²) in [5, 5.41) is 3.65. The lowest BCUT2D eigenvalue weighted by Gasteiger charge is -2.32. The largest absolute Gasteiger partial charge is 0.433 e. The zero-order valence-electron chi connectivity index (χ0n) is 12.5. The number of pyridine rings is 1. The van der Waals surface area contributed by atoms with Crippen LogP contribution in [0.25, 0.3) is 0 Å². The molecule has 1 saturated heterocycles. The number of aromatic nitrogens is 3. The van der Waals surface area contributed by atoms with Crippen LogP contribution in [-0.4, -0.2) is 40.6 Å². The average molecular weight is 360 g/mol. The normalized spacial score (nSPS) is 20.2. The molecule has 6 nitrogen and oxygen atoms in total. The third-order valence-electron chi connectivity index (χ3n) is 3.91. The summed E-state index contributed by atoms with van der Waals surface area (Å²) in [6.07, 6.45) is -1.20. The van der Waals surface area contributed by atoms with Gasteiger partial charge in [0.1, 0.15) is 5.69 Å². The molecular formula is C14H15F3N4O2S. The van der Waals surface area contributed by atoms with Gasteiger partial charge in [-0.1, -0.05) is 6.07 Å². The van der Waals surface area contributed by atoms with Crippen molar-refractivity contribution >= 4 is 10.0 Å². The van der Waals surface area contributed by atoms with Crippen LogP contribution < -0.4 is 0 Å². The number of rotatable bonds is 3. The Labute approximate surface area is 137 Å². The first-order valence-electron chi connectivity index (χ1n) is 7.32. The average Bonchev–Trinajstić information content (AvgIpc) is 3.06. The molecule has 0 unspecified atom stereocenters. The van der Waals surface area contributed by atoms with Gasteiger partial charge in [0.2, 0.25) is 0 Å². The van der Waals surface area contributed by atoms with E-state index < -0.39 is 27.9 Å². The molecule has 2 aromatic heterocycles. The lowest BCUT2D eigenvalue weighted by molar-refractivity contribution is -0.145. The van der Waals surface area contributed by atoms with Gasteiger partial charge in [-0.3, -0.25) is 4.68 Å². The number of alkyl halides is 3. The minimum Gasteiger partial charge on any atom is -0.256 e. The van der Waals surface area contributed by atoms with Crippen molar-refractivity contribution in [2.45, 2.75) is 30.1 Å². The van der Waals surface area contributed by atoms with Gasteiger partial charge >= 0.3 is 6.18 Å². The van der Waals surface area contributed by atoms with E-state index in [1.165, 1.54) is 16.6 Å². The molecule has 3 rings (SSSR count). The molecule has 0 saturated carbocycles. The molecule has 0 spiro atoms. The highest BCUT2D eigenvalue weighted by molar-refractivity contribution is 7.89. The smallest absolute Gasteiger partial charge is 0.256 e. The van der Waals surface area contributed by atoms with E-state index >= 15 is 0 Å². The molecule has 1 fully saturated rings. The van der Waals surface area contributed by atoms with Crippen molar-refractivity contribution in [3.8, 4) is 0 Å². The summed E-state index contributed by atoms with van der Waals surface area (Å²) in [4.78, 5) is 3.84. The van der Waals surface area contributed by atoms with Crippen molar-refractivity contribution < 1.29 is 21.6 Å². The van der Waals surface area contributed by atoms with Crippen LogP contribution in [0.1, 0.15) is 24.6 Å². The molecular weight excluding hydrogens is 345 g/mol. The van der Waals surface area contributed by atoms with Crippen molar-refractivity contribution in [3.05, 3.63) is 42.4 Å². The topological polar surface area (TPSA) is 68.1 Å². The number of halogens is 3. The Hall–Kier alpha value is -1.94. The Morgan fingerprint density at radius 1 is 1.17 bits per heavy atom. The highest BCUT2D eigenvalue weighted by atomic mass is 32.2. The summed E-state index contributed by atoms with van der Waals surface area (Å²) in [7, 11) is -3.83. The van der Waals surface area contributed by atoms with E-state index in [0.717, 1.165) is 16.9 Å². The van der Waals surface area contributed by atoms with Crippen LogP contribution in [0.5, 0.6) is 0 Å². The number of nitrogens with zero attached hydrogens (tertiary/aromatic N) is 4. The van der Waals surface area contributed by atoms with Gasteiger partial charge in [-0.2, -0.15) is 22.6 Å². The maximum Gasteiger partial charge on any atom is 0.433 e. The summed E-state index contributed by atoms with van der Waals surface area (Å²) in [6.45, 7) is 0.182. The molecule has 1 aliphatic heterocycles. The molecule has 0 radical (unpaired) electrons. The van der Waals surface area contributed by atoms with Crippen LogP contribution in [0.2, 0.25) is 0 Å². The zero-order valence-corrected chi connectivity index (χ0v) is 13.3. The third-order valence-corrected chi connectivity index (χ3v) is 5.69. The van der Waals surface area contributed by atoms with Crippen LogP contribution in [0.4, 0.5) is 13.2 Å². The van der Waals surface area contributed by atoms with Crippen molar-refractivity contribution in [3.63, 3.8) is 0 Å². The van der Waals surface area contributed by atoms with Crippen molar-refractivity contribution in [1.82, 2.24) is 19.1 Å². The summed E-state index contributed by atoms with van der Waals surface area (Å²) in [6, 6.07) is 4.75. The predicted octanol–water partition coefficient (Wildman–Crippen LogP) is 2.32. The summed E-state index contributed by atoms with van der Waals surface area (Å²) >= 11 is 0. The fraction of sp³-hybridized carbons (Fsp3) is 0.429. The van der Waals surface area contributed by atoms with Gasteiger partial charge in [0.25, 0.3) is 10.0 Å². The van der Waals surface area contributed by atoms with E-state index in [9.17, 15) is 21.6 Å². The van der Waals surface area contributed by atoms with Gasteiger partial charge in [0, 0.05) is 25.5 Å². The number of piperidine rings is 1. The van der Waals surface area contributed by atoms with Gasteiger partial charge < -0.3 is 0 Å². The van der Waals surface area contributed by atoms with Crippen molar-refractivity contribution in [2.75, 3.05) is 13.1 Å². The quantitative estimate of drug-likeness (QED) is 0.842. The maximum atomic E-state index is 13.0. The van der Waals surface area contributed by atoms with E-state index in [2.05, 4.69) is 10.1 Å². The second-order valence-electron chi connectivity index (χ2n) is 5.49. The van der Waals surface area contributed by atoms with Gasteiger partial charge in [-0.25, -0.2) is 13.4 Å². The lowest BCUT2D eigenvalue weighted by Crippen LogP contribution is -2.41. The predicted molar refractivity (Wildman–Crippen MR) is 78.5 cm³/mol. The standard InChI is InChI=1S/C14H15F3N4O2S/c15-14(16,17)12-6-8-19-21(12)11-4-3-9-20(10-11)24(22,23)13-5-1-2-7-18-13/h1-2,5-8,11H,3-4,9-10H2/t11-/m0/s1. The highest BCUT2D eigenvalue weighted by Crippen LogP contribution is 2.33. The molecule has 0 N–H and O–H groups in total. The lowest BCUT2D eigenvalue weighted by atomic mass is 10.1. The van der Waals surface area contributed by atoms with Gasteiger partial charge in [-0.15, -0.1) is 0 Å². The van der Waals surface area contributed by atoms with E-state index in [4.69, 9.17) is 0 Å². The number of hydrogen-bond donors (Lipinski definition) is 0. The van der Waals surface area contributed by atoms with Gasteiger partial charge in [0.15, 0.2) is 5.03 Å². The monoisotopic (exact) mass is 360 g/mol. The molecule has 0 bridgehead atoms. The molecule has 10 heteroatoms. The van der Waals surface area contributed by atoms with Crippen LogP contribution in [0, 0.1) is 0 Å². The summed E-state index contributed by atoms with van der Waals surface area (Å²) in [5.74, 6) is 0. The first-order chi connectivity index (χ1) is 11.3. The maximum absolute atomic E-state index is 13.0. The van der Waals surface area contributed by atoms with Gasteiger partial charge in [-0.05, 0) is 31.0 Å². The second-order valence-corrected chi connectivity index (χ2v) is 7.37. The summed E-state index contributed by atoms with van der Waals surface area (Å²) < 4.78 is 66.3. The van der Waals surface area contributed by atoms with E-state index in [-0.39, 0.29) is 18.1 Å². The Kier molecular flexibility index (Phi) is 4.35. The first kappa shape index (κ1) is 16.9. The molecule has 1 aliphatic rings. The summed E-state index contributed by atoms with van der Waals surface area (Å²) in [5.41, 5.74) is -0.871. The minimum absolute atomic E-state index is 0.0658. The van der Waals surface area contributed by atoms with Crippen LogP contribution in [0.3, 0.4) is 0 Å². The second kappa shape index (κ2) is 6.17. The van der Waals surface area contributed by atoms with Crippen molar-refractivity contribution in [1.29, 1.82) is 0 Å². The molecule has 1 atom stereocenters. The molecule has 0 aliphatic carbocycles. The Morgan fingerprint density at radius 2 is 1.96 bits per heavy atom. The zero-order chi connectivity index (χ0) is 17.4. The molecule has 0 amide bonds. The fourth-order valence-corrected chi connectivity index (χ4v) is 4.25. The van der Waals surface area contributed by atoms with E-state index in [1.807, 2.05) is 0 Å². The van der Waals surface area contributed by atoms with Crippen LogP contribution in [-0.2, 0) is 16.2 Å². The highest BCUT2D eigenvalue weighted by Gasteiger charge is 2.39. The van der Waals surface area contributed by atoms with Crippen molar-refractivity contribution in [2.24, 2.45) is 0 Å². The minimum atomic E-state index is -4.53. The van der Waals surface area contributed by atoms with E-state index in [1.54, 1.807) is 12.1 Å². The number of hydrogen-bond acceptors (Lipinski definition) is 4. The molecule has 2 aromatic rings. The molecule has 130 valence electrons. The Balaban J connectivity index is 1.87. The Morgan fingerprint density at radius 3 is 2.62 bits per heavy atom. The van der Waals surface area contributed by atoms with Crippen LogP contribution in [0.15, 0.2) is 41.7 Å². The SMILES string of the molecule is O=S(=O)(c1ccccn1)N1CCC[C@H](n2nccc2C(F)(F)F)C1. The fourth-order valence-electron chi connectivity index (χ4n) is 2.80. The molecule has 0 aromatic carbocycles. The molecule has 24 heavy (non-hydrogen) atoms. The molecule has 3 heterocycles. The van der Waals surface area contributed by atoms with E-state index in [0.29, 0.717) is 12.8 Å². The first-order valence-corrected chi connectivity index (χ1v) is 8.76. The van der Waals surface area contributed by atoms with Gasteiger partial charge in [0.05, 0.1) is 6.04 Å². The third kappa shape index (κ3) is 3.16.